The summed E-state index contributed by atoms with van der Waals surface area (Å²) < 4.78 is 0. The maximum absolute atomic E-state index is 12.5. The second kappa shape index (κ2) is 5.15. The number of rotatable bonds is 3. The van der Waals surface area contributed by atoms with Gasteiger partial charge in [-0.15, -0.1) is 0 Å². The van der Waals surface area contributed by atoms with Crippen molar-refractivity contribution in [2.24, 2.45) is 22.2 Å². The molecule has 0 spiro atoms. The van der Waals surface area contributed by atoms with E-state index in [0.29, 0.717) is 18.8 Å². The minimum absolute atomic E-state index is 0.00148. The maximum Gasteiger partial charge on any atom is 0.238 e. The molecule has 0 bridgehead atoms. The van der Waals surface area contributed by atoms with E-state index in [4.69, 9.17) is 10.9 Å². The van der Waals surface area contributed by atoms with Crippen LogP contribution in [0.5, 0.6) is 0 Å². The van der Waals surface area contributed by atoms with Gasteiger partial charge in [-0.05, 0) is 49.8 Å². The van der Waals surface area contributed by atoms with Gasteiger partial charge in [0.1, 0.15) is 5.41 Å². The Balaban J connectivity index is 2.24. The number of anilines is 1. The van der Waals surface area contributed by atoms with Crippen LogP contribution in [0.3, 0.4) is 0 Å². The van der Waals surface area contributed by atoms with Crippen LogP contribution in [-0.2, 0) is 4.79 Å². The number of hydrogen-bond donors (Lipinski definition) is 3. The number of benzene rings is 1. The molecule has 0 radical (unpaired) electrons. The average molecular weight is 275 g/mol. The number of nitrogens with zero attached hydrogens (tertiary/aromatic N) is 1. The summed E-state index contributed by atoms with van der Waals surface area (Å²) in [6, 6.07) is 5.88. The van der Waals surface area contributed by atoms with E-state index in [2.05, 4.69) is 10.5 Å². The number of nitrogens with one attached hydrogen (secondary N) is 1. The van der Waals surface area contributed by atoms with E-state index in [0.717, 1.165) is 16.8 Å². The lowest BCUT2D eigenvalue weighted by Gasteiger charge is -2.43. The fourth-order valence-corrected chi connectivity index (χ4v) is 2.85. The third-order valence-electron chi connectivity index (χ3n) is 4.07. The van der Waals surface area contributed by atoms with Crippen molar-refractivity contribution in [2.75, 3.05) is 5.32 Å². The van der Waals surface area contributed by atoms with Crippen molar-refractivity contribution in [3.05, 3.63) is 29.3 Å². The van der Waals surface area contributed by atoms with Crippen LogP contribution >= 0.6 is 0 Å². The number of aryl methyl sites for hydroxylation is 2. The summed E-state index contributed by atoms with van der Waals surface area (Å²) in [6.45, 7) is 5.96. The highest BCUT2D eigenvalue weighted by Crippen LogP contribution is 2.46. The van der Waals surface area contributed by atoms with E-state index in [-0.39, 0.29) is 11.7 Å². The molecule has 1 amide bonds. The van der Waals surface area contributed by atoms with E-state index in [1.807, 2.05) is 39.0 Å². The number of carbonyl (C=O) groups excluding carboxylic acids is 1. The molecule has 4 N–H and O–H groups in total. The smallest absolute Gasteiger partial charge is 0.238 e. The second-order valence-electron chi connectivity index (χ2n) is 5.85. The fourth-order valence-electron chi connectivity index (χ4n) is 2.85. The topological polar surface area (TPSA) is 87.7 Å². The molecule has 0 atom stereocenters. The summed E-state index contributed by atoms with van der Waals surface area (Å²) >= 11 is 0. The highest BCUT2D eigenvalue weighted by molar-refractivity contribution is 6.12. The van der Waals surface area contributed by atoms with Gasteiger partial charge < -0.3 is 16.3 Å². The predicted molar refractivity (Wildman–Crippen MR) is 78.8 cm³/mol. The van der Waals surface area contributed by atoms with Crippen LogP contribution in [0, 0.1) is 25.2 Å². The van der Waals surface area contributed by atoms with Crippen molar-refractivity contribution in [3.63, 3.8) is 0 Å². The van der Waals surface area contributed by atoms with Crippen LogP contribution in [-0.4, -0.2) is 17.0 Å². The highest BCUT2D eigenvalue weighted by Gasteiger charge is 2.52. The normalized spacial score (nSPS) is 25.9. The Morgan fingerprint density at radius 3 is 2.65 bits per heavy atom. The second-order valence-corrected chi connectivity index (χ2v) is 5.85. The van der Waals surface area contributed by atoms with Crippen LogP contribution in [0.1, 0.15) is 30.9 Å². The van der Waals surface area contributed by atoms with Gasteiger partial charge in [0.05, 0.1) is 0 Å². The van der Waals surface area contributed by atoms with E-state index < -0.39 is 5.41 Å². The molecule has 1 fully saturated rings. The fraction of sp³-hybridized carbons (Fsp3) is 0.467. The summed E-state index contributed by atoms with van der Waals surface area (Å²) in [5, 5.41) is 14.9. The van der Waals surface area contributed by atoms with Gasteiger partial charge in [-0.3, -0.25) is 4.79 Å². The van der Waals surface area contributed by atoms with E-state index in [1.165, 1.54) is 0 Å². The molecular formula is C15H21N3O2. The first-order chi connectivity index (χ1) is 9.39. The molecule has 0 aromatic heterocycles. The van der Waals surface area contributed by atoms with E-state index >= 15 is 0 Å². The molecule has 5 heteroatoms. The molecule has 20 heavy (non-hydrogen) atoms. The summed E-state index contributed by atoms with van der Waals surface area (Å²) in [7, 11) is 0. The molecule has 0 unspecified atom stereocenters. The molecule has 1 aliphatic rings. The maximum atomic E-state index is 12.5. The largest absolute Gasteiger partial charge is 0.409 e. The summed E-state index contributed by atoms with van der Waals surface area (Å²) in [5.74, 6) is 0.206. The Morgan fingerprint density at radius 2 is 2.10 bits per heavy atom. The molecule has 5 nitrogen and oxygen atoms in total. The van der Waals surface area contributed by atoms with Gasteiger partial charge in [-0.25, -0.2) is 0 Å². The van der Waals surface area contributed by atoms with Crippen LogP contribution < -0.4 is 11.1 Å². The van der Waals surface area contributed by atoms with Crippen molar-refractivity contribution in [1.82, 2.24) is 0 Å². The number of nitrogens with two attached hydrogens (primary N) is 1. The quantitative estimate of drug-likeness (QED) is 0.342. The zero-order valence-corrected chi connectivity index (χ0v) is 12.1. The lowest BCUT2D eigenvalue weighted by Crippen LogP contribution is -2.54. The van der Waals surface area contributed by atoms with Gasteiger partial charge in [0, 0.05) is 5.69 Å². The van der Waals surface area contributed by atoms with E-state index in [9.17, 15) is 4.79 Å². The standard InChI is InChI=1S/C15H21N3O2/c1-9-4-5-11(3)12(6-9)17-14(19)15(13(16)18-20)7-10(2)8-15/h4-6,10,20H,7-8H2,1-3H3,(H2,16,18)(H,17,19). The molecule has 1 saturated carbocycles. The summed E-state index contributed by atoms with van der Waals surface area (Å²) in [4.78, 5) is 12.5. The van der Waals surface area contributed by atoms with Gasteiger partial charge in [0.25, 0.3) is 0 Å². The molecule has 2 rings (SSSR count). The zero-order chi connectivity index (χ0) is 14.9. The van der Waals surface area contributed by atoms with Gasteiger partial charge in [0.2, 0.25) is 5.91 Å². The number of hydrogen-bond acceptors (Lipinski definition) is 3. The average Bonchev–Trinajstić information content (AvgIpc) is 2.38. The number of carbonyl (C=O) groups is 1. The molecule has 0 saturated heterocycles. The van der Waals surface area contributed by atoms with Crippen molar-refractivity contribution in [2.45, 2.75) is 33.6 Å². The van der Waals surface area contributed by atoms with Crippen molar-refractivity contribution in [1.29, 1.82) is 0 Å². The molecule has 0 heterocycles. The molecule has 1 aliphatic carbocycles. The first-order valence-corrected chi connectivity index (χ1v) is 6.76. The van der Waals surface area contributed by atoms with Gasteiger partial charge >= 0.3 is 0 Å². The number of amides is 1. The van der Waals surface area contributed by atoms with Crippen LogP contribution in [0.15, 0.2) is 23.4 Å². The first kappa shape index (κ1) is 14.4. The Labute approximate surface area is 118 Å². The lowest BCUT2D eigenvalue weighted by atomic mass is 9.61. The molecule has 0 aliphatic heterocycles. The predicted octanol–water partition coefficient (Wildman–Crippen LogP) is 2.40. The molecule has 108 valence electrons. The first-order valence-electron chi connectivity index (χ1n) is 6.76. The lowest BCUT2D eigenvalue weighted by molar-refractivity contribution is -0.127. The summed E-state index contributed by atoms with van der Waals surface area (Å²) in [5.41, 5.74) is 7.71. The zero-order valence-electron chi connectivity index (χ0n) is 12.1. The SMILES string of the molecule is Cc1ccc(C)c(NC(=O)C2(/C(N)=N/O)CC(C)C2)c1. The monoisotopic (exact) mass is 275 g/mol. The van der Waals surface area contributed by atoms with Crippen molar-refractivity contribution >= 4 is 17.4 Å². The number of amidine groups is 1. The van der Waals surface area contributed by atoms with Crippen LogP contribution in [0.2, 0.25) is 0 Å². The highest BCUT2D eigenvalue weighted by atomic mass is 16.4. The van der Waals surface area contributed by atoms with E-state index in [1.54, 1.807) is 0 Å². The Kier molecular flexibility index (Phi) is 3.70. The van der Waals surface area contributed by atoms with Gasteiger partial charge in [-0.1, -0.05) is 24.2 Å². The van der Waals surface area contributed by atoms with Crippen molar-refractivity contribution < 1.29 is 10.0 Å². The van der Waals surface area contributed by atoms with Gasteiger partial charge in [0.15, 0.2) is 5.84 Å². The Hall–Kier alpha value is -2.04. The van der Waals surface area contributed by atoms with Crippen molar-refractivity contribution in [3.8, 4) is 0 Å². The molecule has 1 aromatic rings. The Bertz CT molecular complexity index is 560. The van der Waals surface area contributed by atoms with Gasteiger partial charge in [-0.2, -0.15) is 0 Å². The van der Waals surface area contributed by atoms with Crippen LogP contribution in [0.25, 0.3) is 0 Å². The molecular weight excluding hydrogens is 254 g/mol. The van der Waals surface area contributed by atoms with Crippen LogP contribution in [0.4, 0.5) is 5.69 Å². The minimum atomic E-state index is -0.871. The summed E-state index contributed by atoms with van der Waals surface area (Å²) in [6.07, 6.45) is 1.22. The minimum Gasteiger partial charge on any atom is -0.409 e. The third kappa shape index (κ3) is 2.35. The molecule has 1 aromatic carbocycles. The number of oxime groups is 1. The Morgan fingerprint density at radius 1 is 1.45 bits per heavy atom. The third-order valence-corrected chi connectivity index (χ3v) is 4.07.